The molecule has 17 heavy (non-hydrogen) atoms. The van der Waals surface area contributed by atoms with Gasteiger partial charge in [0, 0.05) is 35.9 Å². The van der Waals surface area contributed by atoms with E-state index in [-0.39, 0.29) is 0 Å². The largest absolute Gasteiger partial charge is 0.383 e. The van der Waals surface area contributed by atoms with Crippen molar-refractivity contribution in [2.45, 2.75) is 0 Å². The molecule has 0 N–H and O–H groups in total. The number of halogens is 1. The Morgan fingerprint density at radius 3 is 2.88 bits per heavy atom. The molecule has 0 fully saturated rings. The molecule has 0 aliphatic carbocycles. The molecule has 0 radical (unpaired) electrons. The first-order valence-electron chi connectivity index (χ1n) is 5.32. The number of ether oxygens (including phenoxy) is 1. The minimum absolute atomic E-state index is 0.613. The van der Waals surface area contributed by atoms with Crippen molar-refractivity contribution in [2.75, 3.05) is 31.7 Å². The van der Waals surface area contributed by atoms with E-state index in [0.717, 1.165) is 23.0 Å². The van der Waals surface area contributed by atoms with Gasteiger partial charge in [0.15, 0.2) is 6.29 Å². The first-order valence-corrected chi connectivity index (χ1v) is 6.11. The highest BCUT2D eigenvalue weighted by atomic mass is 79.9. The monoisotopic (exact) mass is 297 g/mol. The van der Waals surface area contributed by atoms with Gasteiger partial charge in [0.2, 0.25) is 0 Å². The normalized spacial score (nSPS) is 10.0. The third-order valence-corrected chi connectivity index (χ3v) is 2.87. The Kier molecular flexibility index (Phi) is 5.94. The van der Waals surface area contributed by atoms with Crippen LogP contribution in [0.3, 0.4) is 0 Å². The van der Waals surface area contributed by atoms with E-state index < -0.39 is 0 Å². The number of nitrogens with zero attached hydrogens (tertiary/aromatic N) is 1. The number of anilines is 1. The minimum atomic E-state index is 0.613. The Labute approximate surface area is 110 Å². The molecular formula is C13H16BrNO2. The average molecular weight is 298 g/mol. The molecule has 0 saturated carbocycles. The van der Waals surface area contributed by atoms with E-state index >= 15 is 0 Å². The van der Waals surface area contributed by atoms with E-state index in [1.807, 2.05) is 24.3 Å². The molecule has 0 aliphatic rings. The SMILES string of the molecule is C=CCN(CCOC)c1ccc(Br)cc1C=O. The number of aldehydes is 1. The first-order chi connectivity index (χ1) is 8.22. The zero-order valence-corrected chi connectivity index (χ0v) is 11.4. The molecule has 4 heteroatoms. The van der Waals surface area contributed by atoms with E-state index in [2.05, 4.69) is 27.4 Å². The second-order valence-corrected chi connectivity index (χ2v) is 4.46. The van der Waals surface area contributed by atoms with Crippen LogP contribution in [0.1, 0.15) is 10.4 Å². The van der Waals surface area contributed by atoms with Crippen molar-refractivity contribution in [1.82, 2.24) is 0 Å². The van der Waals surface area contributed by atoms with Gasteiger partial charge < -0.3 is 9.64 Å². The number of benzene rings is 1. The van der Waals surface area contributed by atoms with Gasteiger partial charge in [0.05, 0.1) is 6.61 Å². The molecule has 1 aromatic carbocycles. The first kappa shape index (κ1) is 13.9. The van der Waals surface area contributed by atoms with Gasteiger partial charge in [-0.1, -0.05) is 22.0 Å². The fourth-order valence-corrected chi connectivity index (χ4v) is 1.95. The van der Waals surface area contributed by atoms with Crippen molar-refractivity contribution in [3.8, 4) is 0 Å². The highest BCUT2D eigenvalue weighted by molar-refractivity contribution is 9.10. The minimum Gasteiger partial charge on any atom is -0.383 e. The summed E-state index contributed by atoms with van der Waals surface area (Å²) in [6, 6.07) is 5.66. The lowest BCUT2D eigenvalue weighted by atomic mass is 10.1. The maximum absolute atomic E-state index is 11.1. The van der Waals surface area contributed by atoms with Gasteiger partial charge in [0.1, 0.15) is 0 Å². The third-order valence-electron chi connectivity index (χ3n) is 2.37. The molecule has 3 nitrogen and oxygen atoms in total. The Hall–Kier alpha value is -1.13. The molecular weight excluding hydrogens is 282 g/mol. The molecule has 0 aliphatic heterocycles. The summed E-state index contributed by atoms with van der Waals surface area (Å²) in [5, 5.41) is 0. The highest BCUT2D eigenvalue weighted by Crippen LogP contribution is 2.23. The Bertz CT molecular complexity index is 393. The third kappa shape index (κ3) is 3.98. The molecule has 1 aromatic rings. The fraction of sp³-hybridized carbons (Fsp3) is 0.308. The van der Waals surface area contributed by atoms with Crippen LogP contribution in [0.2, 0.25) is 0 Å². The fourth-order valence-electron chi connectivity index (χ4n) is 1.58. The molecule has 0 heterocycles. The van der Waals surface area contributed by atoms with Gasteiger partial charge in [-0.2, -0.15) is 0 Å². The van der Waals surface area contributed by atoms with Crippen molar-refractivity contribution in [1.29, 1.82) is 0 Å². The maximum Gasteiger partial charge on any atom is 0.152 e. The predicted octanol–water partition coefficient (Wildman–Crippen LogP) is 2.90. The molecule has 0 atom stereocenters. The van der Waals surface area contributed by atoms with E-state index in [1.165, 1.54) is 0 Å². The van der Waals surface area contributed by atoms with Crippen LogP contribution in [0.25, 0.3) is 0 Å². The molecule has 92 valence electrons. The van der Waals surface area contributed by atoms with Crippen molar-refractivity contribution in [3.05, 3.63) is 40.9 Å². The lowest BCUT2D eigenvalue weighted by Crippen LogP contribution is -2.28. The van der Waals surface area contributed by atoms with Crippen molar-refractivity contribution >= 4 is 27.9 Å². The van der Waals surface area contributed by atoms with Crippen molar-refractivity contribution < 1.29 is 9.53 Å². The molecule has 0 unspecified atom stereocenters. The summed E-state index contributed by atoms with van der Waals surface area (Å²) in [6.45, 7) is 5.75. The molecule has 1 rings (SSSR count). The Balaban J connectivity index is 2.99. The predicted molar refractivity (Wildman–Crippen MR) is 73.8 cm³/mol. The van der Waals surface area contributed by atoms with Gasteiger partial charge in [-0.05, 0) is 18.2 Å². The van der Waals surface area contributed by atoms with E-state index in [9.17, 15) is 4.79 Å². The second kappa shape index (κ2) is 7.25. The Morgan fingerprint density at radius 2 is 2.29 bits per heavy atom. The zero-order valence-electron chi connectivity index (χ0n) is 9.86. The van der Waals surface area contributed by atoms with Gasteiger partial charge in [-0.25, -0.2) is 0 Å². The molecule has 0 aromatic heterocycles. The lowest BCUT2D eigenvalue weighted by Gasteiger charge is -2.24. The van der Waals surface area contributed by atoms with Crippen LogP contribution in [0.5, 0.6) is 0 Å². The maximum atomic E-state index is 11.1. The smallest absolute Gasteiger partial charge is 0.152 e. The van der Waals surface area contributed by atoms with Crippen molar-refractivity contribution in [3.63, 3.8) is 0 Å². The molecule has 0 bridgehead atoms. The summed E-state index contributed by atoms with van der Waals surface area (Å²) in [5.41, 5.74) is 1.57. The van der Waals surface area contributed by atoms with Crippen LogP contribution in [-0.2, 0) is 4.74 Å². The van der Waals surface area contributed by atoms with Crippen LogP contribution in [0.4, 0.5) is 5.69 Å². The Morgan fingerprint density at radius 1 is 1.53 bits per heavy atom. The van der Waals surface area contributed by atoms with E-state index in [0.29, 0.717) is 18.7 Å². The standard InChI is InChI=1S/C13H16BrNO2/c1-3-6-15(7-8-17-2)13-5-4-12(14)9-11(13)10-16/h3-5,9-10H,1,6-8H2,2H3. The number of methoxy groups -OCH3 is 1. The van der Waals surface area contributed by atoms with Crippen molar-refractivity contribution in [2.24, 2.45) is 0 Å². The van der Waals surface area contributed by atoms with Crippen LogP contribution in [0.15, 0.2) is 35.3 Å². The summed E-state index contributed by atoms with van der Waals surface area (Å²) in [4.78, 5) is 13.1. The quantitative estimate of drug-likeness (QED) is 0.572. The summed E-state index contributed by atoms with van der Waals surface area (Å²) < 4.78 is 5.96. The molecule has 0 amide bonds. The van der Waals surface area contributed by atoms with E-state index in [1.54, 1.807) is 7.11 Å². The summed E-state index contributed by atoms with van der Waals surface area (Å²) >= 11 is 3.36. The molecule has 0 saturated heterocycles. The van der Waals surface area contributed by atoms with Crippen LogP contribution >= 0.6 is 15.9 Å². The van der Waals surface area contributed by atoms with E-state index in [4.69, 9.17) is 4.74 Å². The van der Waals surface area contributed by atoms with Crippen LogP contribution < -0.4 is 4.90 Å². The second-order valence-electron chi connectivity index (χ2n) is 3.55. The topological polar surface area (TPSA) is 29.5 Å². The number of carbonyl (C=O) groups excluding carboxylic acids is 1. The van der Waals surface area contributed by atoms with Gasteiger partial charge in [0.25, 0.3) is 0 Å². The summed E-state index contributed by atoms with van der Waals surface area (Å²) in [7, 11) is 1.66. The number of rotatable bonds is 7. The van der Waals surface area contributed by atoms with Gasteiger partial charge in [-0.3, -0.25) is 4.79 Å². The van der Waals surface area contributed by atoms with Gasteiger partial charge in [-0.15, -0.1) is 6.58 Å². The summed E-state index contributed by atoms with van der Waals surface area (Å²) in [6.07, 6.45) is 2.68. The highest BCUT2D eigenvalue weighted by Gasteiger charge is 2.09. The average Bonchev–Trinajstić information content (AvgIpc) is 2.34. The number of hydrogen-bond acceptors (Lipinski definition) is 3. The van der Waals surface area contributed by atoms with Crippen LogP contribution in [0, 0.1) is 0 Å². The number of hydrogen-bond donors (Lipinski definition) is 0. The lowest BCUT2D eigenvalue weighted by molar-refractivity contribution is 0.112. The zero-order chi connectivity index (χ0) is 12.7. The summed E-state index contributed by atoms with van der Waals surface area (Å²) in [5.74, 6) is 0. The van der Waals surface area contributed by atoms with Crippen LogP contribution in [-0.4, -0.2) is 33.1 Å². The van der Waals surface area contributed by atoms with Gasteiger partial charge >= 0.3 is 0 Å². The molecule has 0 spiro atoms. The number of carbonyl (C=O) groups is 1.